The van der Waals surface area contributed by atoms with Crippen LogP contribution in [0.1, 0.15) is 5.56 Å². The van der Waals surface area contributed by atoms with Gasteiger partial charge < -0.3 is 9.64 Å². The Morgan fingerprint density at radius 1 is 1.33 bits per heavy atom. The van der Waals surface area contributed by atoms with E-state index in [9.17, 15) is 4.39 Å². The quantitative estimate of drug-likeness (QED) is 0.737. The number of benzene rings is 1. The second-order valence-electron chi connectivity index (χ2n) is 3.51. The molecule has 1 fully saturated rings. The molecule has 0 aromatic heterocycles. The molecule has 0 radical (unpaired) electrons. The summed E-state index contributed by atoms with van der Waals surface area (Å²) < 4.78 is 18.9. The summed E-state index contributed by atoms with van der Waals surface area (Å²) in [5.74, 6) is -0.186. The Bertz CT molecular complexity index is 359. The van der Waals surface area contributed by atoms with Crippen molar-refractivity contribution < 1.29 is 9.13 Å². The highest BCUT2D eigenvalue weighted by Crippen LogP contribution is 2.21. The first kappa shape index (κ1) is 10.2. The van der Waals surface area contributed by atoms with Gasteiger partial charge in [0.25, 0.3) is 0 Å². The fraction of sp³-hybridized carbons (Fsp3) is 0.333. The second-order valence-corrected chi connectivity index (χ2v) is 3.51. The van der Waals surface area contributed by atoms with Gasteiger partial charge in [-0.2, -0.15) is 0 Å². The molecule has 1 aliphatic heterocycles. The molecule has 0 aliphatic carbocycles. The maximum atomic E-state index is 13.7. The van der Waals surface area contributed by atoms with Gasteiger partial charge in [0, 0.05) is 13.1 Å². The minimum atomic E-state index is -0.186. The number of nitrogens with zero attached hydrogens (tertiary/aromatic N) is 1. The van der Waals surface area contributed by atoms with Gasteiger partial charge in [-0.1, -0.05) is 18.7 Å². The van der Waals surface area contributed by atoms with Crippen LogP contribution in [0.25, 0.3) is 6.08 Å². The lowest BCUT2D eigenvalue weighted by atomic mass is 10.2. The molecule has 0 amide bonds. The van der Waals surface area contributed by atoms with E-state index in [1.165, 1.54) is 6.07 Å². The maximum Gasteiger partial charge on any atom is 0.147 e. The number of rotatable bonds is 2. The minimum absolute atomic E-state index is 0.186. The normalized spacial score (nSPS) is 16.5. The molecule has 15 heavy (non-hydrogen) atoms. The number of anilines is 1. The van der Waals surface area contributed by atoms with Crippen LogP contribution >= 0.6 is 0 Å². The SMILES string of the molecule is C=Cc1ccc(N2CCOCC2)c(F)c1. The molecular weight excluding hydrogens is 193 g/mol. The molecule has 1 aromatic carbocycles. The predicted octanol–water partition coefficient (Wildman–Crippen LogP) is 2.31. The van der Waals surface area contributed by atoms with Crippen molar-refractivity contribution >= 4 is 11.8 Å². The predicted molar refractivity (Wildman–Crippen MR) is 59.5 cm³/mol. The molecule has 0 spiro atoms. The fourth-order valence-corrected chi connectivity index (χ4v) is 1.71. The molecule has 1 aromatic rings. The van der Waals surface area contributed by atoms with Crippen molar-refractivity contribution in [2.75, 3.05) is 31.2 Å². The highest BCUT2D eigenvalue weighted by Gasteiger charge is 2.14. The summed E-state index contributed by atoms with van der Waals surface area (Å²) in [6.45, 7) is 6.46. The Balaban J connectivity index is 2.23. The summed E-state index contributed by atoms with van der Waals surface area (Å²) in [6.07, 6.45) is 1.65. The van der Waals surface area contributed by atoms with Crippen molar-refractivity contribution in [2.24, 2.45) is 0 Å². The van der Waals surface area contributed by atoms with Crippen molar-refractivity contribution in [1.82, 2.24) is 0 Å². The third-order valence-corrected chi connectivity index (χ3v) is 2.56. The maximum absolute atomic E-state index is 13.7. The first-order valence-corrected chi connectivity index (χ1v) is 5.06. The molecule has 0 saturated carbocycles. The summed E-state index contributed by atoms with van der Waals surface area (Å²) in [6, 6.07) is 5.19. The first-order chi connectivity index (χ1) is 7.31. The molecule has 1 heterocycles. The Morgan fingerprint density at radius 2 is 2.07 bits per heavy atom. The molecule has 80 valence electrons. The Kier molecular flexibility index (Phi) is 3.02. The van der Waals surface area contributed by atoms with Gasteiger partial charge in [-0.3, -0.25) is 0 Å². The van der Waals surface area contributed by atoms with Gasteiger partial charge in [-0.25, -0.2) is 4.39 Å². The summed E-state index contributed by atoms with van der Waals surface area (Å²) in [5.41, 5.74) is 1.47. The fourth-order valence-electron chi connectivity index (χ4n) is 1.71. The molecule has 0 atom stereocenters. The monoisotopic (exact) mass is 207 g/mol. The number of hydrogen-bond donors (Lipinski definition) is 0. The van der Waals surface area contributed by atoms with Gasteiger partial charge in [0.15, 0.2) is 0 Å². The number of ether oxygens (including phenoxy) is 1. The summed E-state index contributed by atoms with van der Waals surface area (Å²) in [4.78, 5) is 2.01. The van der Waals surface area contributed by atoms with Crippen molar-refractivity contribution in [1.29, 1.82) is 0 Å². The van der Waals surface area contributed by atoms with Crippen LogP contribution in [0.3, 0.4) is 0 Å². The van der Waals surface area contributed by atoms with Gasteiger partial charge in [-0.05, 0) is 17.7 Å². The van der Waals surface area contributed by atoms with E-state index in [0.717, 1.165) is 18.7 Å². The lowest BCUT2D eigenvalue weighted by Gasteiger charge is -2.29. The van der Waals surface area contributed by atoms with E-state index >= 15 is 0 Å². The zero-order chi connectivity index (χ0) is 10.7. The van der Waals surface area contributed by atoms with E-state index in [4.69, 9.17) is 4.74 Å². The summed E-state index contributed by atoms with van der Waals surface area (Å²) >= 11 is 0. The van der Waals surface area contributed by atoms with E-state index in [1.54, 1.807) is 12.1 Å². The van der Waals surface area contributed by atoms with E-state index < -0.39 is 0 Å². The van der Waals surface area contributed by atoms with Crippen LogP contribution in [0.5, 0.6) is 0 Å². The molecule has 0 N–H and O–H groups in total. The number of halogens is 1. The average Bonchev–Trinajstić information content (AvgIpc) is 2.30. The third-order valence-electron chi connectivity index (χ3n) is 2.56. The Morgan fingerprint density at radius 3 is 2.67 bits per heavy atom. The molecule has 0 bridgehead atoms. The average molecular weight is 207 g/mol. The van der Waals surface area contributed by atoms with Crippen LogP contribution in [0.2, 0.25) is 0 Å². The van der Waals surface area contributed by atoms with Crippen molar-refractivity contribution in [2.45, 2.75) is 0 Å². The molecule has 2 rings (SSSR count). The van der Waals surface area contributed by atoms with Gasteiger partial charge in [0.05, 0.1) is 18.9 Å². The molecule has 2 nitrogen and oxygen atoms in total. The third kappa shape index (κ3) is 2.18. The lowest BCUT2D eigenvalue weighted by Crippen LogP contribution is -2.36. The van der Waals surface area contributed by atoms with Crippen LogP contribution in [0, 0.1) is 5.82 Å². The first-order valence-electron chi connectivity index (χ1n) is 5.06. The lowest BCUT2D eigenvalue weighted by molar-refractivity contribution is 0.122. The van der Waals surface area contributed by atoms with Gasteiger partial charge >= 0.3 is 0 Å². The van der Waals surface area contributed by atoms with Crippen LogP contribution in [0.15, 0.2) is 24.8 Å². The van der Waals surface area contributed by atoms with Crippen LogP contribution in [-0.4, -0.2) is 26.3 Å². The number of morpholine rings is 1. The Labute approximate surface area is 89.0 Å². The number of hydrogen-bond acceptors (Lipinski definition) is 2. The highest BCUT2D eigenvalue weighted by atomic mass is 19.1. The molecule has 1 saturated heterocycles. The van der Waals surface area contributed by atoms with E-state index in [2.05, 4.69) is 6.58 Å². The van der Waals surface area contributed by atoms with Crippen molar-refractivity contribution in [3.8, 4) is 0 Å². The van der Waals surface area contributed by atoms with E-state index in [1.807, 2.05) is 11.0 Å². The summed E-state index contributed by atoms with van der Waals surface area (Å²) in [7, 11) is 0. The molecular formula is C12H14FNO. The molecule has 0 unspecified atom stereocenters. The standard InChI is InChI=1S/C12H14FNO/c1-2-10-3-4-12(11(13)9-10)14-5-7-15-8-6-14/h2-4,9H,1,5-8H2. The molecule has 1 aliphatic rings. The van der Waals surface area contributed by atoms with Gasteiger partial charge in [0.2, 0.25) is 0 Å². The van der Waals surface area contributed by atoms with Crippen molar-refractivity contribution in [3.05, 3.63) is 36.2 Å². The Hall–Kier alpha value is -1.35. The second kappa shape index (κ2) is 4.45. The topological polar surface area (TPSA) is 12.5 Å². The smallest absolute Gasteiger partial charge is 0.147 e. The van der Waals surface area contributed by atoms with Crippen LogP contribution in [-0.2, 0) is 4.74 Å². The zero-order valence-corrected chi connectivity index (χ0v) is 8.58. The van der Waals surface area contributed by atoms with Crippen LogP contribution < -0.4 is 4.90 Å². The van der Waals surface area contributed by atoms with E-state index in [0.29, 0.717) is 18.9 Å². The highest BCUT2D eigenvalue weighted by molar-refractivity contribution is 5.56. The minimum Gasteiger partial charge on any atom is -0.378 e. The van der Waals surface area contributed by atoms with E-state index in [-0.39, 0.29) is 5.82 Å². The summed E-state index contributed by atoms with van der Waals surface area (Å²) in [5, 5.41) is 0. The van der Waals surface area contributed by atoms with Gasteiger partial charge in [0.1, 0.15) is 5.82 Å². The van der Waals surface area contributed by atoms with Crippen molar-refractivity contribution in [3.63, 3.8) is 0 Å². The van der Waals surface area contributed by atoms with Gasteiger partial charge in [-0.15, -0.1) is 0 Å². The zero-order valence-electron chi connectivity index (χ0n) is 8.58. The largest absolute Gasteiger partial charge is 0.378 e. The van der Waals surface area contributed by atoms with Crippen LogP contribution in [0.4, 0.5) is 10.1 Å². The molecule has 3 heteroatoms.